The highest BCUT2D eigenvalue weighted by Gasteiger charge is 2.38. The fraction of sp³-hybridized carbons (Fsp3) is 0.524. The van der Waals surface area contributed by atoms with Crippen LogP contribution in [-0.4, -0.2) is 53.6 Å². The van der Waals surface area contributed by atoms with Gasteiger partial charge in [-0.25, -0.2) is 4.79 Å². The van der Waals surface area contributed by atoms with E-state index in [1.54, 1.807) is 0 Å². The van der Waals surface area contributed by atoms with E-state index in [-0.39, 0.29) is 0 Å². The Kier molecular flexibility index (Phi) is 8.43. The molecule has 166 valence electrons. The lowest BCUT2D eigenvalue weighted by Gasteiger charge is -2.37. The average molecular weight is 428 g/mol. The van der Waals surface area contributed by atoms with E-state index in [0.29, 0.717) is 12.0 Å². The van der Waals surface area contributed by atoms with Crippen LogP contribution in [-0.2, 0) is 22.5 Å². The van der Waals surface area contributed by atoms with Crippen LogP contribution in [0.3, 0.4) is 0 Å². The largest absolute Gasteiger partial charge is 0.490 e. The molecule has 1 saturated heterocycles. The number of carbonyl (C=O) groups is 1. The van der Waals surface area contributed by atoms with Gasteiger partial charge in [0.15, 0.2) is 0 Å². The average Bonchev–Trinajstić information content (AvgIpc) is 3.06. The Bertz CT molecular complexity index is 823. The number of carboxylic acid groups (broad SMARTS) is 1. The van der Waals surface area contributed by atoms with Crippen LogP contribution in [0, 0.1) is 19.8 Å². The summed E-state index contributed by atoms with van der Waals surface area (Å²) in [5, 5.41) is 11.2. The minimum atomic E-state index is -5.08. The lowest BCUT2D eigenvalue weighted by atomic mass is 9.88. The summed E-state index contributed by atoms with van der Waals surface area (Å²) in [6.45, 7) is 7.04. The van der Waals surface area contributed by atoms with Crippen molar-refractivity contribution < 1.29 is 32.3 Å². The molecule has 2 aromatic rings. The van der Waals surface area contributed by atoms with E-state index in [1.807, 2.05) is 20.1 Å². The lowest BCUT2D eigenvalue weighted by Crippen LogP contribution is -2.44. The fourth-order valence-corrected chi connectivity index (χ4v) is 3.60. The number of aliphatic carboxylic acids is 1. The van der Waals surface area contributed by atoms with Gasteiger partial charge in [-0.1, -0.05) is 35.0 Å². The minimum absolute atomic E-state index is 0.339. The molecule has 1 aliphatic rings. The van der Waals surface area contributed by atoms with Gasteiger partial charge in [0.1, 0.15) is 5.76 Å². The van der Waals surface area contributed by atoms with E-state index in [2.05, 4.69) is 41.2 Å². The number of hydrogen-bond donors (Lipinski definition) is 1. The normalized spacial score (nSPS) is 19.8. The molecule has 1 aromatic carbocycles. The molecule has 0 radical (unpaired) electrons. The van der Waals surface area contributed by atoms with Crippen molar-refractivity contribution in [1.82, 2.24) is 10.1 Å². The smallest absolute Gasteiger partial charge is 0.475 e. The number of halogens is 3. The third-order valence-electron chi connectivity index (χ3n) is 4.94. The summed E-state index contributed by atoms with van der Waals surface area (Å²) in [6.07, 6.45) is -2.61. The first-order valence-corrected chi connectivity index (χ1v) is 9.61. The number of nitrogens with zero attached hydrogens (tertiary/aromatic N) is 2. The summed E-state index contributed by atoms with van der Waals surface area (Å²) in [5.74, 6) is -1.36. The zero-order valence-corrected chi connectivity index (χ0v) is 17.3. The number of ether oxygens (including phenoxy) is 1. The SMILES string of the molecule is CO[C@@H]1CCN(Cc2cc(C)on2)C[C@@H]1Cc1cccc(C)c1.O=C(O)C(F)(F)F. The Morgan fingerprint density at radius 1 is 1.33 bits per heavy atom. The van der Waals surface area contributed by atoms with Gasteiger partial charge in [0.05, 0.1) is 11.8 Å². The molecule has 1 aliphatic heterocycles. The Morgan fingerprint density at radius 2 is 2.03 bits per heavy atom. The Labute approximate surface area is 173 Å². The second kappa shape index (κ2) is 10.6. The van der Waals surface area contributed by atoms with Crippen molar-refractivity contribution in [3.05, 3.63) is 52.9 Å². The Morgan fingerprint density at radius 3 is 2.57 bits per heavy atom. The number of likely N-dealkylation sites (tertiary alicyclic amines) is 1. The summed E-state index contributed by atoms with van der Waals surface area (Å²) >= 11 is 0. The first-order valence-electron chi connectivity index (χ1n) is 9.61. The van der Waals surface area contributed by atoms with Gasteiger partial charge in [0.2, 0.25) is 0 Å². The fourth-order valence-electron chi connectivity index (χ4n) is 3.60. The molecule has 3 rings (SSSR count). The highest BCUT2D eigenvalue weighted by Crippen LogP contribution is 2.25. The van der Waals surface area contributed by atoms with E-state index in [4.69, 9.17) is 19.2 Å². The second-order valence-corrected chi connectivity index (χ2v) is 7.48. The van der Waals surface area contributed by atoms with Gasteiger partial charge >= 0.3 is 12.1 Å². The van der Waals surface area contributed by atoms with Crippen molar-refractivity contribution in [2.75, 3.05) is 20.2 Å². The van der Waals surface area contributed by atoms with Gasteiger partial charge in [-0.15, -0.1) is 0 Å². The number of aromatic nitrogens is 1. The van der Waals surface area contributed by atoms with E-state index < -0.39 is 12.1 Å². The molecule has 1 fully saturated rings. The highest BCUT2D eigenvalue weighted by molar-refractivity contribution is 5.73. The van der Waals surface area contributed by atoms with Gasteiger partial charge in [-0.05, 0) is 32.3 Å². The molecular formula is C21H27F3N2O4. The molecule has 2 heterocycles. The predicted octanol–water partition coefficient (Wildman–Crippen LogP) is 4.00. The molecule has 0 amide bonds. The van der Waals surface area contributed by atoms with E-state index in [9.17, 15) is 13.2 Å². The van der Waals surface area contributed by atoms with Crippen molar-refractivity contribution >= 4 is 5.97 Å². The zero-order valence-electron chi connectivity index (χ0n) is 17.3. The van der Waals surface area contributed by atoms with Crippen LogP contribution in [0.15, 0.2) is 34.9 Å². The van der Waals surface area contributed by atoms with Crippen LogP contribution >= 0.6 is 0 Å². The first kappa shape index (κ1) is 23.9. The number of carboxylic acids is 1. The number of aryl methyl sites for hydroxylation is 2. The van der Waals surface area contributed by atoms with Crippen molar-refractivity contribution in [2.45, 2.75) is 45.5 Å². The maximum atomic E-state index is 10.6. The molecule has 30 heavy (non-hydrogen) atoms. The molecule has 0 bridgehead atoms. The van der Waals surface area contributed by atoms with Crippen LogP contribution < -0.4 is 0 Å². The minimum Gasteiger partial charge on any atom is -0.475 e. The summed E-state index contributed by atoms with van der Waals surface area (Å²) < 4.78 is 42.7. The molecule has 1 aromatic heterocycles. The predicted molar refractivity (Wildman–Crippen MR) is 104 cm³/mol. The van der Waals surface area contributed by atoms with E-state index in [1.165, 1.54) is 11.1 Å². The monoisotopic (exact) mass is 428 g/mol. The number of benzene rings is 1. The molecule has 0 spiro atoms. The molecule has 9 heteroatoms. The highest BCUT2D eigenvalue weighted by atomic mass is 19.4. The van der Waals surface area contributed by atoms with Crippen LogP contribution in [0.25, 0.3) is 0 Å². The van der Waals surface area contributed by atoms with Gasteiger partial charge in [-0.3, -0.25) is 4.90 Å². The van der Waals surface area contributed by atoms with Crippen LogP contribution in [0.4, 0.5) is 13.2 Å². The molecular weight excluding hydrogens is 401 g/mol. The maximum absolute atomic E-state index is 10.6. The Balaban J connectivity index is 0.000000396. The summed E-state index contributed by atoms with van der Waals surface area (Å²) in [5.41, 5.74) is 3.74. The van der Waals surface area contributed by atoms with Crippen LogP contribution in [0.2, 0.25) is 0 Å². The number of alkyl halides is 3. The number of piperidine rings is 1. The number of methoxy groups -OCH3 is 1. The molecule has 6 nitrogen and oxygen atoms in total. The molecule has 2 atom stereocenters. The maximum Gasteiger partial charge on any atom is 0.490 e. The van der Waals surface area contributed by atoms with Crippen LogP contribution in [0.1, 0.15) is 29.0 Å². The van der Waals surface area contributed by atoms with Crippen molar-refractivity contribution in [2.24, 2.45) is 5.92 Å². The number of hydrogen-bond acceptors (Lipinski definition) is 5. The van der Waals surface area contributed by atoms with Crippen LogP contribution in [0.5, 0.6) is 0 Å². The first-order chi connectivity index (χ1) is 14.1. The van der Waals surface area contributed by atoms with Gasteiger partial charge in [0, 0.05) is 38.7 Å². The summed E-state index contributed by atoms with van der Waals surface area (Å²) in [4.78, 5) is 11.4. The van der Waals surface area contributed by atoms with E-state index >= 15 is 0 Å². The molecule has 1 N–H and O–H groups in total. The molecule has 0 saturated carbocycles. The molecule has 0 aliphatic carbocycles. The van der Waals surface area contributed by atoms with Crippen molar-refractivity contribution in [1.29, 1.82) is 0 Å². The van der Waals surface area contributed by atoms with Gasteiger partial charge in [0.25, 0.3) is 0 Å². The second-order valence-electron chi connectivity index (χ2n) is 7.48. The zero-order chi connectivity index (χ0) is 22.3. The quantitative estimate of drug-likeness (QED) is 0.776. The van der Waals surface area contributed by atoms with Gasteiger partial charge < -0.3 is 14.4 Å². The van der Waals surface area contributed by atoms with Crippen molar-refractivity contribution in [3.8, 4) is 0 Å². The van der Waals surface area contributed by atoms with E-state index in [0.717, 1.165) is 43.9 Å². The van der Waals surface area contributed by atoms with Gasteiger partial charge in [-0.2, -0.15) is 13.2 Å². The standard InChI is InChI=1S/C19H26N2O2.C2HF3O2/c1-14-5-4-6-16(9-14)11-17-12-21(8-7-19(17)22-3)13-18-10-15(2)23-20-18;3-2(4,5)1(6)7/h4-6,9-10,17,19H,7-8,11-13H2,1-3H3;(H,6,7)/t17-,19+;/m0./s1. The third kappa shape index (κ3) is 7.46. The molecule has 0 unspecified atom stereocenters. The lowest BCUT2D eigenvalue weighted by molar-refractivity contribution is -0.192. The summed E-state index contributed by atoms with van der Waals surface area (Å²) in [7, 11) is 1.84. The summed E-state index contributed by atoms with van der Waals surface area (Å²) in [6, 6.07) is 10.8. The number of rotatable bonds is 5. The third-order valence-corrected chi connectivity index (χ3v) is 4.94. The topological polar surface area (TPSA) is 75.8 Å². The van der Waals surface area contributed by atoms with Crippen molar-refractivity contribution in [3.63, 3.8) is 0 Å². The Hall–Kier alpha value is -2.39.